The number of hydrogen-bond donors (Lipinski definition) is 1. The molecular formula is C7H6N4. The number of hydrogen-bond acceptors (Lipinski definition) is 4. The Balaban J connectivity index is 2.91. The van der Waals surface area contributed by atoms with E-state index in [1.807, 2.05) is 0 Å². The van der Waals surface area contributed by atoms with Crippen molar-refractivity contribution in [2.45, 2.75) is 0 Å². The summed E-state index contributed by atoms with van der Waals surface area (Å²) in [6.45, 7) is 0. The number of nitrogen functional groups attached to an aromatic ring is 1. The lowest BCUT2D eigenvalue weighted by Gasteiger charge is -1.96. The summed E-state index contributed by atoms with van der Waals surface area (Å²) < 4.78 is 0. The van der Waals surface area contributed by atoms with Crippen molar-refractivity contribution in [1.29, 1.82) is 0 Å². The molecule has 0 aliphatic heterocycles. The lowest BCUT2D eigenvalue weighted by molar-refractivity contribution is 1.20. The summed E-state index contributed by atoms with van der Waals surface area (Å²) in [6, 6.07) is 1.72. The molecule has 2 heterocycles. The number of anilines is 1. The van der Waals surface area contributed by atoms with E-state index in [0.717, 1.165) is 5.52 Å². The molecule has 0 bridgehead atoms. The van der Waals surface area contributed by atoms with Crippen LogP contribution >= 0.6 is 0 Å². The molecule has 2 aromatic heterocycles. The number of aromatic nitrogens is 3. The summed E-state index contributed by atoms with van der Waals surface area (Å²) in [6.07, 6.45) is 4.74. The van der Waals surface area contributed by atoms with Gasteiger partial charge in [-0.1, -0.05) is 0 Å². The van der Waals surface area contributed by atoms with Gasteiger partial charge in [-0.15, -0.1) is 0 Å². The van der Waals surface area contributed by atoms with E-state index in [1.54, 1.807) is 18.5 Å². The van der Waals surface area contributed by atoms with E-state index < -0.39 is 0 Å². The summed E-state index contributed by atoms with van der Waals surface area (Å²) in [5.41, 5.74) is 7.70. The van der Waals surface area contributed by atoms with Gasteiger partial charge in [0.15, 0.2) is 0 Å². The molecule has 4 heteroatoms. The van der Waals surface area contributed by atoms with Crippen LogP contribution in [0.3, 0.4) is 0 Å². The van der Waals surface area contributed by atoms with Gasteiger partial charge >= 0.3 is 0 Å². The second-order valence-corrected chi connectivity index (χ2v) is 2.16. The summed E-state index contributed by atoms with van der Waals surface area (Å²) in [4.78, 5) is 11.8. The highest BCUT2D eigenvalue weighted by Gasteiger charge is 1.96. The number of nitrogens with two attached hydrogens (primary N) is 1. The van der Waals surface area contributed by atoms with Crippen LogP contribution in [-0.4, -0.2) is 15.0 Å². The fourth-order valence-electron chi connectivity index (χ4n) is 0.916. The van der Waals surface area contributed by atoms with Crippen molar-refractivity contribution in [3.63, 3.8) is 0 Å². The zero-order chi connectivity index (χ0) is 7.68. The van der Waals surface area contributed by atoms with Crippen LogP contribution < -0.4 is 5.73 Å². The second-order valence-electron chi connectivity index (χ2n) is 2.16. The highest BCUT2D eigenvalue weighted by atomic mass is 14.9. The van der Waals surface area contributed by atoms with E-state index in [1.165, 1.54) is 6.33 Å². The summed E-state index contributed by atoms with van der Waals surface area (Å²) in [5.74, 6) is 0. The molecule has 0 atom stereocenters. The van der Waals surface area contributed by atoms with Crippen LogP contribution in [-0.2, 0) is 0 Å². The fraction of sp³-hybridized carbons (Fsp3) is 0. The molecule has 2 rings (SSSR count). The van der Waals surface area contributed by atoms with E-state index in [0.29, 0.717) is 11.2 Å². The quantitative estimate of drug-likeness (QED) is 0.591. The lowest BCUT2D eigenvalue weighted by atomic mass is 10.3. The largest absolute Gasteiger partial charge is 0.397 e. The molecule has 0 radical (unpaired) electrons. The van der Waals surface area contributed by atoms with Crippen molar-refractivity contribution in [3.05, 3.63) is 24.8 Å². The normalized spacial score (nSPS) is 10.2. The maximum absolute atomic E-state index is 5.63. The predicted molar refractivity (Wildman–Crippen MR) is 41.7 cm³/mol. The topological polar surface area (TPSA) is 64.7 Å². The van der Waals surface area contributed by atoms with Gasteiger partial charge in [0.05, 0.1) is 11.9 Å². The molecule has 0 unspecified atom stereocenters. The molecule has 11 heavy (non-hydrogen) atoms. The number of fused-ring (bicyclic) bond motifs is 1. The van der Waals surface area contributed by atoms with E-state index in [-0.39, 0.29) is 0 Å². The third kappa shape index (κ3) is 0.881. The molecule has 2 N–H and O–H groups in total. The molecule has 0 saturated carbocycles. The van der Waals surface area contributed by atoms with Crippen molar-refractivity contribution in [3.8, 4) is 0 Å². The maximum atomic E-state index is 5.63. The molecular weight excluding hydrogens is 140 g/mol. The first-order valence-corrected chi connectivity index (χ1v) is 3.18. The molecule has 4 nitrogen and oxygen atoms in total. The van der Waals surface area contributed by atoms with E-state index in [2.05, 4.69) is 15.0 Å². The zero-order valence-corrected chi connectivity index (χ0v) is 5.73. The molecule has 54 valence electrons. The van der Waals surface area contributed by atoms with Crippen LogP contribution in [0.15, 0.2) is 24.8 Å². The third-order valence-electron chi connectivity index (χ3n) is 1.43. The standard InChI is InChI=1S/C7H6N4/c8-5-1-2-10-6-3-9-4-11-7(5)6/h1-4H,(H2,8,10). The summed E-state index contributed by atoms with van der Waals surface area (Å²) in [5, 5.41) is 0. The van der Waals surface area contributed by atoms with Gasteiger partial charge in [0.25, 0.3) is 0 Å². The van der Waals surface area contributed by atoms with Gasteiger partial charge in [-0.3, -0.25) is 4.98 Å². The Kier molecular flexibility index (Phi) is 1.18. The predicted octanol–water partition coefficient (Wildman–Crippen LogP) is 0.607. The summed E-state index contributed by atoms with van der Waals surface area (Å²) >= 11 is 0. The summed E-state index contributed by atoms with van der Waals surface area (Å²) in [7, 11) is 0. The van der Waals surface area contributed by atoms with Crippen LogP contribution in [0.25, 0.3) is 11.0 Å². The van der Waals surface area contributed by atoms with Crippen molar-refractivity contribution >= 4 is 16.7 Å². The van der Waals surface area contributed by atoms with Crippen molar-refractivity contribution < 1.29 is 0 Å². The molecule has 0 fully saturated rings. The maximum Gasteiger partial charge on any atom is 0.116 e. The monoisotopic (exact) mass is 146 g/mol. The Hall–Kier alpha value is -1.71. The minimum absolute atomic E-state index is 0.636. The number of nitrogens with zero attached hydrogens (tertiary/aromatic N) is 3. The molecule has 0 saturated heterocycles. The Morgan fingerprint density at radius 1 is 1.27 bits per heavy atom. The second kappa shape index (κ2) is 2.16. The van der Waals surface area contributed by atoms with Crippen LogP contribution in [0, 0.1) is 0 Å². The van der Waals surface area contributed by atoms with Gasteiger partial charge in [0.2, 0.25) is 0 Å². The molecule has 0 spiro atoms. The van der Waals surface area contributed by atoms with Crippen LogP contribution in [0.4, 0.5) is 5.69 Å². The Labute approximate surface area is 63.1 Å². The first-order valence-electron chi connectivity index (χ1n) is 3.18. The molecule has 0 amide bonds. The van der Waals surface area contributed by atoms with Gasteiger partial charge in [-0.2, -0.15) is 0 Å². The number of pyridine rings is 1. The SMILES string of the molecule is Nc1ccnc2cncnc12. The fourth-order valence-corrected chi connectivity index (χ4v) is 0.916. The average Bonchev–Trinajstić information content (AvgIpc) is 2.06. The molecule has 0 aliphatic carbocycles. The van der Waals surface area contributed by atoms with Crippen LogP contribution in [0.2, 0.25) is 0 Å². The molecule has 0 aromatic carbocycles. The first kappa shape index (κ1) is 6.03. The average molecular weight is 146 g/mol. The van der Waals surface area contributed by atoms with Gasteiger partial charge in [0.1, 0.15) is 17.4 Å². The van der Waals surface area contributed by atoms with E-state index in [9.17, 15) is 0 Å². The highest BCUT2D eigenvalue weighted by molar-refractivity contribution is 5.84. The van der Waals surface area contributed by atoms with Gasteiger partial charge in [0, 0.05) is 6.20 Å². The smallest absolute Gasteiger partial charge is 0.116 e. The van der Waals surface area contributed by atoms with Crippen molar-refractivity contribution in [2.24, 2.45) is 0 Å². The van der Waals surface area contributed by atoms with Gasteiger partial charge in [-0.05, 0) is 6.07 Å². The Bertz CT molecular complexity index is 380. The molecule has 0 aliphatic rings. The first-order chi connectivity index (χ1) is 5.38. The molecule has 2 aromatic rings. The van der Waals surface area contributed by atoms with Gasteiger partial charge in [-0.25, -0.2) is 9.97 Å². The minimum Gasteiger partial charge on any atom is -0.397 e. The zero-order valence-electron chi connectivity index (χ0n) is 5.73. The van der Waals surface area contributed by atoms with Gasteiger partial charge < -0.3 is 5.73 Å². The van der Waals surface area contributed by atoms with Crippen LogP contribution in [0.1, 0.15) is 0 Å². The Morgan fingerprint density at radius 2 is 2.18 bits per heavy atom. The lowest BCUT2D eigenvalue weighted by Crippen LogP contribution is -1.91. The third-order valence-corrected chi connectivity index (χ3v) is 1.43. The van der Waals surface area contributed by atoms with E-state index in [4.69, 9.17) is 5.73 Å². The highest BCUT2D eigenvalue weighted by Crippen LogP contribution is 2.12. The number of rotatable bonds is 0. The Morgan fingerprint density at radius 3 is 3.00 bits per heavy atom. The van der Waals surface area contributed by atoms with Crippen molar-refractivity contribution in [1.82, 2.24) is 15.0 Å². The van der Waals surface area contributed by atoms with Crippen LogP contribution in [0.5, 0.6) is 0 Å². The van der Waals surface area contributed by atoms with E-state index >= 15 is 0 Å². The minimum atomic E-state index is 0.636. The van der Waals surface area contributed by atoms with Crippen molar-refractivity contribution in [2.75, 3.05) is 5.73 Å².